The molecule has 0 aromatic heterocycles. The molecule has 0 fully saturated rings. The van der Waals surface area contributed by atoms with Crippen molar-refractivity contribution in [3.05, 3.63) is 68.1 Å². The lowest BCUT2D eigenvalue weighted by Crippen LogP contribution is -2.27. The lowest BCUT2D eigenvalue weighted by atomic mass is 10.1. The third-order valence-corrected chi connectivity index (χ3v) is 4.48. The first-order valence-corrected chi connectivity index (χ1v) is 8.02. The Morgan fingerprint density at radius 1 is 1.10 bits per heavy atom. The predicted molar refractivity (Wildman–Crippen MR) is 90.6 cm³/mol. The molecule has 106 valence electrons. The van der Waals surface area contributed by atoms with Crippen molar-refractivity contribution in [2.45, 2.75) is 25.9 Å². The van der Waals surface area contributed by atoms with Crippen molar-refractivity contribution in [3.8, 4) is 0 Å². The van der Waals surface area contributed by atoms with Gasteiger partial charge in [0, 0.05) is 27.1 Å². The van der Waals surface area contributed by atoms with E-state index in [1.807, 2.05) is 36.4 Å². The van der Waals surface area contributed by atoms with Gasteiger partial charge in [0.05, 0.1) is 0 Å². The Labute approximate surface area is 138 Å². The van der Waals surface area contributed by atoms with E-state index in [-0.39, 0.29) is 0 Å². The van der Waals surface area contributed by atoms with E-state index in [9.17, 15) is 0 Å². The van der Waals surface area contributed by atoms with Gasteiger partial charge in [-0.25, -0.2) is 0 Å². The zero-order chi connectivity index (χ0) is 14.5. The maximum atomic E-state index is 6.18. The molecule has 0 saturated carbocycles. The number of nitrogens with one attached hydrogen (secondary N) is 1. The van der Waals surface area contributed by atoms with Gasteiger partial charge < -0.3 is 5.32 Å². The summed E-state index contributed by atoms with van der Waals surface area (Å²) in [6.45, 7) is 2.95. The quantitative estimate of drug-likeness (QED) is 0.732. The molecule has 20 heavy (non-hydrogen) atoms. The average molecular weight is 373 g/mol. The summed E-state index contributed by atoms with van der Waals surface area (Å²) in [6.07, 6.45) is 0.908. The van der Waals surface area contributed by atoms with E-state index >= 15 is 0 Å². The third kappa shape index (κ3) is 4.49. The van der Waals surface area contributed by atoms with Crippen LogP contribution < -0.4 is 5.32 Å². The van der Waals surface area contributed by atoms with Crippen molar-refractivity contribution in [1.82, 2.24) is 5.32 Å². The number of hydrogen-bond donors (Lipinski definition) is 1. The minimum absolute atomic E-state index is 0.345. The van der Waals surface area contributed by atoms with E-state index in [1.54, 1.807) is 0 Å². The molecule has 1 N–H and O–H groups in total. The zero-order valence-corrected chi connectivity index (χ0v) is 14.3. The first-order valence-electron chi connectivity index (χ1n) is 6.47. The van der Waals surface area contributed by atoms with E-state index in [1.165, 1.54) is 11.1 Å². The second-order valence-electron chi connectivity index (χ2n) is 4.81. The standard InChI is InChI=1S/C16H16BrCl2N/c1-11(8-12-4-2-3-5-16(12)19)20-10-13-6-7-14(18)9-15(13)17/h2-7,9,11,20H,8,10H2,1H3. The number of hydrogen-bond acceptors (Lipinski definition) is 1. The summed E-state index contributed by atoms with van der Waals surface area (Å²) in [6, 6.07) is 14.2. The molecule has 1 atom stereocenters. The molecule has 1 unspecified atom stereocenters. The van der Waals surface area contributed by atoms with Crippen molar-refractivity contribution in [2.75, 3.05) is 0 Å². The van der Waals surface area contributed by atoms with Crippen LogP contribution >= 0.6 is 39.1 Å². The summed E-state index contributed by atoms with van der Waals surface area (Å²) in [5, 5.41) is 5.07. The molecule has 2 rings (SSSR count). The Bertz CT molecular complexity index is 586. The highest BCUT2D eigenvalue weighted by Crippen LogP contribution is 2.22. The molecular formula is C16H16BrCl2N. The molecule has 0 aliphatic heterocycles. The van der Waals surface area contributed by atoms with Crippen molar-refractivity contribution in [3.63, 3.8) is 0 Å². The van der Waals surface area contributed by atoms with Crippen molar-refractivity contribution in [2.24, 2.45) is 0 Å². The third-order valence-electron chi connectivity index (χ3n) is 3.14. The molecule has 2 aromatic carbocycles. The number of halogens is 3. The highest BCUT2D eigenvalue weighted by molar-refractivity contribution is 9.10. The molecule has 0 bridgehead atoms. The fraction of sp³-hybridized carbons (Fsp3) is 0.250. The number of rotatable bonds is 5. The molecule has 2 aromatic rings. The maximum Gasteiger partial charge on any atom is 0.0438 e. The van der Waals surface area contributed by atoms with Gasteiger partial charge in [-0.1, -0.05) is 63.4 Å². The largest absolute Gasteiger partial charge is 0.310 e. The van der Waals surface area contributed by atoms with Crippen LogP contribution in [-0.2, 0) is 13.0 Å². The van der Waals surface area contributed by atoms with Crippen molar-refractivity contribution >= 4 is 39.1 Å². The van der Waals surface area contributed by atoms with Crippen LogP contribution in [0.4, 0.5) is 0 Å². The van der Waals surface area contributed by atoms with Gasteiger partial charge in [-0.15, -0.1) is 0 Å². The van der Waals surface area contributed by atoms with Gasteiger partial charge in [-0.2, -0.15) is 0 Å². The van der Waals surface area contributed by atoms with Crippen LogP contribution in [0.15, 0.2) is 46.9 Å². The minimum Gasteiger partial charge on any atom is -0.310 e. The van der Waals surface area contributed by atoms with Gasteiger partial charge >= 0.3 is 0 Å². The van der Waals surface area contributed by atoms with Crippen LogP contribution in [0.3, 0.4) is 0 Å². The number of benzene rings is 2. The zero-order valence-electron chi connectivity index (χ0n) is 11.2. The highest BCUT2D eigenvalue weighted by Gasteiger charge is 2.07. The van der Waals surface area contributed by atoms with Gasteiger partial charge in [0.2, 0.25) is 0 Å². The molecule has 0 amide bonds. The molecule has 0 saturated heterocycles. The first-order chi connectivity index (χ1) is 9.56. The van der Waals surface area contributed by atoms with E-state index in [2.05, 4.69) is 34.2 Å². The summed E-state index contributed by atoms with van der Waals surface area (Å²) in [4.78, 5) is 0. The normalized spacial score (nSPS) is 12.4. The molecule has 4 heteroatoms. The van der Waals surface area contributed by atoms with Gasteiger partial charge in [0.25, 0.3) is 0 Å². The highest BCUT2D eigenvalue weighted by atomic mass is 79.9. The first kappa shape index (κ1) is 15.8. The van der Waals surface area contributed by atoms with Crippen LogP contribution in [-0.4, -0.2) is 6.04 Å². The summed E-state index contributed by atoms with van der Waals surface area (Å²) in [5.41, 5.74) is 2.37. The van der Waals surface area contributed by atoms with Crippen LogP contribution in [0.5, 0.6) is 0 Å². The lowest BCUT2D eigenvalue weighted by molar-refractivity contribution is 0.545. The predicted octanol–water partition coefficient (Wildman–Crippen LogP) is 5.48. The van der Waals surface area contributed by atoms with E-state index in [0.717, 1.165) is 27.5 Å². The monoisotopic (exact) mass is 371 g/mol. The fourth-order valence-electron chi connectivity index (χ4n) is 2.02. The SMILES string of the molecule is CC(Cc1ccccc1Cl)NCc1ccc(Cl)cc1Br. The van der Waals surface area contributed by atoms with E-state index in [0.29, 0.717) is 6.04 Å². The molecule has 0 aliphatic rings. The van der Waals surface area contributed by atoms with Crippen LogP contribution in [0.2, 0.25) is 10.0 Å². The van der Waals surface area contributed by atoms with Crippen LogP contribution in [0, 0.1) is 0 Å². The van der Waals surface area contributed by atoms with Crippen LogP contribution in [0.1, 0.15) is 18.1 Å². The summed E-state index contributed by atoms with van der Waals surface area (Å²) in [5.74, 6) is 0. The minimum atomic E-state index is 0.345. The van der Waals surface area contributed by atoms with Gasteiger partial charge in [-0.05, 0) is 42.7 Å². The molecule has 0 radical (unpaired) electrons. The van der Waals surface area contributed by atoms with Crippen LogP contribution in [0.25, 0.3) is 0 Å². The second kappa shape index (κ2) is 7.46. The van der Waals surface area contributed by atoms with Gasteiger partial charge in [0.1, 0.15) is 0 Å². The molecule has 0 heterocycles. The molecular weight excluding hydrogens is 357 g/mol. The second-order valence-corrected chi connectivity index (χ2v) is 6.51. The van der Waals surface area contributed by atoms with E-state index in [4.69, 9.17) is 23.2 Å². The maximum absolute atomic E-state index is 6.18. The fourth-order valence-corrected chi connectivity index (χ4v) is 3.05. The Morgan fingerprint density at radius 2 is 1.85 bits per heavy atom. The Morgan fingerprint density at radius 3 is 2.55 bits per heavy atom. The molecule has 0 aliphatic carbocycles. The molecule has 1 nitrogen and oxygen atoms in total. The van der Waals surface area contributed by atoms with E-state index < -0.39 is 0 Å². The molecule has 0 spiro atoms. The van der Waals surface area contributed by atoms with Gasteiger partial charge in [-0.3, -0.25) is 0 Å². The summed E-state index contributed by atoms with van der Waals surface area (Å²) < 4.78 is 1.03. The lowest BCUT2D eigenvalue weighted by Gasteiger charge is -2.15. The van der Waals surface area contributed by atoms with Gasteiger partial charge in [0.15, 0.2) is 0 Å². The Balaban J connectivity index is 1.92. The smallest absolute Gasteiger partial charge is 0.0438 e. The van der Waals surface area contributed by atoms with Crippen molar-refractivity contribution in [1.29, 1.82) is 0 Å². The Kier molecular flexibility index (Phi) is 5.91. The summed E-state index contributed by atoms with van der Waals surface area (Å²) in [7, 11) is 0. The average Bonchev–Trinajstić information content (AvgIpc) is 2.40. The topological polar surface area (TPSA) is 12.0 Å². The Hall–Kier alpha value is -0.540. The van der Waals surface area contributed by atoms with Crippen molar-refractivity contribution < 1.29 is 0 Å². The summed E-state index contributed by atoms with van der Waals surface area (Å²) >= 11 is 15.6.